The predicted octanol–water partition coefficient (Wildman–Crippen LogP) is 4.26. The Morgan fingerprint density at radius 1 is 1.15 bits per heavy atom. The lowest BCUT2D eigenvalue weighted by atomic mass is 9.99. The molecule has 2 heteroatoms. The third-order valence-corrected chi connectivity index (χ3v) is 2.74. The van der Waals surface area contributed by atoms with E-state index < -0.39 is 0 Å². The molecule has 0 unspecified atom stereocenters. The Hall–Kier alpha value is -2.35. The van der Waals surface area contributed by atoms with Crippen LogP contribution in [0.1, 0.15) is 18.1 Å². The molecular formula is C18H22N2. The first-order valence-corrected chi connectivity index (χ1v) is 6.66. The van der Waals surface area contributed by atoms with E-state index in [0.29, 0.717) is 0 Å². The number of benzene rings is 1. The van der Waals surface area contributed by atoms with Crippen molar-refractivity contribution in [2.24, 2.45) is 5.73 Å². The molecule has 2 rings (SSSR count). The summed E-state index contributed by atoms with van der Waals surface area (Å²) in [6.07, 6.45) is 10.2. The lowest BCUT2D eigenvalue weighted by molar-refractivity contribution is 1.24. The largest absolute Gasteiger partial charge is 0.405 e. The molecule has 2 N–H and O–H groups in total. The molecule has 0 radical (unpaired) electrons. The minimum absolute atomic E-state index is 0.996. The van der Waals surface area contributed by atoms with Crippen molar-refractivity contribution in [3.63, 3.8) is 0 Å². The maximum absolute atomic E-state index is 4.61. The molecule has 0 bridgehead atoms. The molecule has 1 heterocycles. The van der Waals surface area contributed by atoms with Crippen LogP contribution < -0.4 is 5.73 Å². The quantitative estimate of drug-likeness (QED) is 0.843. The second kappa shape index (κ2) is 8.70. The SMILES string of the molecule is C/C=C\Cc1cc(C)cc(-c2ccncc2)c1.C=CN. The molecule has 0 saturated heterocycles. The van der Waals surface area contributed by atoms with Gasteiger partial charge in [0.05, 0.1) is 0 Å². The average molecular weight is 266 g/mol. The van der Waals surface area contributed by atoms with Crippen molar-refractivity contribution in [1.29, 1.82) is 0 Å². The normalized spacial score (nSPS) is 9.90. The highest BCUT2D eigenvalue weighted by atomic mass is 14.6. The third kappa shape index (κ3) is 5.11. The van der Waals surface area contributed by atoms with E-state index in [1.54, 1.807) is 0 Å². The van der Waals surface area contributed by atoms with Gasteiger partial charge in [-0.25, -0.2) is 0 Å². The van der Waals surface area contributed by atoms with E-state index >= 15 is 0 Å². The number of hydrogen-bond acceptors (Lipinski definition) is 2. The van der Waals surface area contributed by atoms with Crippen LogP contribution in [0.3, 0.4) is 0 Å². The summed E-state index contributed by atoms with van der Waals surface area (Å²) in [4.78, 5) is 4.05. The average Bonchev–Trinajstić information content (AvgIpc) is 2.46. The van der Waals surface area contributed by atoms with E-state index in [2.05, 4.69) is 61.5 Å². The van der Waals surface area contributed by atoms with Gasteiger partial charge in [0.1, 0.15) is 0 Å². The molecule has 0 aliphatic carbocycles. The summed E-state index contributed by atoms with van der Waals surface area (Å²) in [6, 6.07) is 10.8. The fourth-order valence-corrected chi connectivity index (χ4v) is 1.95. The van der Waals surface area contributed by atoms with Crippen molar-refractivity contribution < 1.29 is 0 Å². The maximum Gasteiger partial charge on any atom is 0.0273 e. The molecule has 1 aromatic carbocycles. The topological polar surface area (TPSA) is 38.9 Å². The zero-order valence-corrected chi connectivity index (χ0v) is 12.2. The summed E-state index contributed by atoms with van der Waals surface area (Å²) >= 11 is 0. The van der Waals surface area contributed by atoms with Crippen molar-refractivity contribution in [1.82, 2.24) is 4.98 Å². The van der Waals surface area contributed by atoms with Gasteiger partial charge in [-0.2, -0.15) is 0 Å². The number of pyridine rings is 1. The van der Waals surface area contributed by atoms with Gasteiger partial charge in [0, 0.05) is 12.4 Å². The molecule has 0 saturated carbocycles. The zero-order valence-electron chi connectivity index (χ0n) is 12.2. The lowest BCUT2D eigenvalue weighted by Gasteiger charge is -2.06. The van der Waals surface area contributed by atoms with Crippen LogP contribution in [0.25, 0.3) is 11.1 Å². The molecule has 0 atom stereocenters. The molecule has 0 aliphatic rings. The molecule has 0 amide bonds. The van der Waals surface area contributed by atoms with Crippen LogP contribution >= 0.6 is 0 Å². The minimum Gasteiger partial charge on any atom is -0.405 e. The second-order valence-corrected chi connectivity index (χ2v) is 4.45. The van der Waals surface area contributed by atoms with Crippen LogP contribution in [0.4, 0.5) is 0 Å². The highest BCUT2D eigenvalue weighted by Crippen LogP contribution is 2.22. The summed E-state index contributed by atoms with van der Waals surface area (Å²) < 4.78 is 0. The van der Waals surface area contributed by atoms with Crippen molar-refractivity contribution in [2.75, 3.05) is 0 Å². The Labute approximate surface area is 121 Å². The molecule has 0 aliphatic heterocycles. The van der Waals surface area contributed by atoms with Crippen molar-refractivity contribution in [3.05, 3.63) is 78.8 Å². The smallest absolute Gasteiger partial charge is 0.0273 e. The molecule has 0 spiro atoms. The zero-order chi connectivity index (χ0) is 14.8. The van der Waals surface area contributed by atoms with Gasteiger partial charge in [0.2, 0.25) is 0 Å². The number of aromatic nitrogens is 1. The van der Waals surface area contributed by atoms with Gasteiger partial charge in [-0.3, -0.25) is 4.98 Å². The molecular weight excluding hydrogens is 244 g/mol. The number of aryl methyl sites for hydroxylation is 1. The van der Waals surface area contributed by atoms with Crippen molar-refractivity contribution in [2.45, 2.75) is 20.3 Å². The van der Waals surface area contributed by atoms with Crippen molar-refractivity contribution >= 4 is 0 Å². The Bertz CT molecular complexity index is 557. The van der Waals surface area contributed by atoms with E-state index in [0.717, 1.165) is 6.42 Å². The van der Waals surface area contributed by atoms with Gasteiger partial charge in [-0.15, -0.1) is 0 Å². The molecule has 1 aromatic heterocycles. The second-order valence-electron chi connectivity index (χ2n) is 4.45. The molecule has 0 fully saturated rings. The van der Waals surface area contributed by atoms with Gasteiger partial charge >= 0.3 is 0 Å². The number of allylic oxidation sites excluding steroid dienone is 2. The first-order chi connectivity index (χ1) is 9.71. The van der Waals surface area contributed by atoms with Gasteiger partial charge in [-0.05, 0) is 55.3 Å². The van der Waals surface area contributed by atoms with Crippen LogP contribution in [-0.4, -0.2) is 4.98 Å². The van der Waals surface area contributed by atoms with Gasteiger partial charge in [0.15, 0.2) is 0 Å². The first kappa shape index (κ1) is 15.7. The van der Waals surface area contributed by atoms with E-state index in [9.17, 15) is 0 Å². The number of nitrogens with two attached hydrogens (primary N) is 1. The Morgan fingerprint density at radius 3 is 2.40 bits per heavy atom. The van der Waals surface area contributed by atoms with Crippen LogP contribution in [-0.2, 0) is 6.42 Å². The van der Waals surface area contributed by atoms with Crippen LogP contribution in [0.5, 0.6) is 0 Å². The first-order valence-electron chi connectivity index (χ1n) is 6.66. The van der Waals surface area contributed by atoms with Crippen LogP contribution in [0.15, 0.2) is 67.7 Å². The van der Waals surface area contributed by atoms with Crippen LogP contribution in [0, 0.1) is 6.92 Å². The Morgan fingerprint density at radius 2 is 1.80 bits per heavy atom. The highest BCUT2D eigenvalue weighted by molar-refractivity contribution is 5.64. The van der Waals surface area contributed by atoms with E-state index in [4.69, 9.17) is 0 Å². The number of hydrogen-bond donors (Lipinski definition) is 1. The summed E-state index contributed by atoms with van der Waals surface area (Å²) in [6.45, 7) is 7.34. The highest BCUT2D eigenvalue weighted by Gasteiger charge is 2.00. The minimum atomic E-state index is 0.996. The van der Waals surface area contributed by atoms with Crippen molar-refractivity contribution in [3.8, 4) is 11.1 Å². The molecule has 104 valence electrons. The van der Waals surface area contributed by atoms with E-state index in [-0.39, 0.29) is 0 Å². The lowest BCUT2D eigenvalue weighted by Crippen LogP contribution is -1.87. The van der Waals surface area contributed by atoms with Gasteiger partial charge in [-0.1, -0.05) is 42.5 Å². The standard InChI is InChI=1S/C16H17N.C2H5N/c1-3-4-5-14-10-13(2)11-16(12-14)15-6-8-17-9-7-15;1-2-3/h3-4,6-12H,5H2,1-2H3;2H,1,3H2/b4-3-;. The monoisotopic (exact) mass is 266 g/mol. The maximum atomic E-state index is 4.61. The van der Waals surface area contributed by atoms with Gasteiger partial charge in [0.25, 0.3) is 0 Å². The van der Waals surface area contributed by atoms with Gasteiger partial charge < -0.3 is 5.73 Å². The van der Waals surface area contributed by atoms with E-state index in [1.807, 2.05) is 24.5 Å². The number of rotatable bonds is 3. The Kier molecular flexibility index (Phi) is 6.83. The molecule has 20 heavy (non-hydrogen) atoms. The Balaban J connectivity index is 0.000000612. The summed E-state index contributed by atoms with van der Waals surface area (Å²) in [7, 11) is 0. The summed E-state index contributed by atoms with van der Waals surface area (Å²) in [5, 5.41) is 0. The predicted molar refractivity (Wildman–Crippen MR) is 87.3 cm³/mol. The fourth-order valence-electron chi connectivity index (χ4n) is 1.95. The van der Waals surface area contributed by atoms with E-state index in [1.165, 1.54) is 28.5 Å². The molecule has 2 aromatic rings. The summed E-state index contributed by atoms with van der Waals surface area (Å²) in [5.41, 5.74) is 9.77. The number of nitrogens with zero attached hydrogens (tertiary/aromatic N) is 1. The van der Waals surface area contributed by atoms with Crippen LogP contribution in [0.2, 0.25) is 0 Å². The third-order valence-electron chi connectivity index (χ3n) is 2.74. The fraction of sp³-hybridized carbons (Fsp3) is 0.167. The summed E-state index contributed by atoms with van der Waals surface area (Å²) in [5.74, 6) is 0. The molecule has 2 nitrogen and oxygen atoms in total.